The molecule has 0 heterocycles. The Balaban J connectivity index is 1.45. The summed E-state index contributed by atoms with van der Waals surface area (Å²) in [6.45, 7) is 0.433. The first kappa shape index (κ1) is 20.7. The Kier molecular flexibility index (Phi) is 7.34. The molecule has 2 aromatic rings. The smallest absolute Gasteiger partial charge is 0.235 e. The standard InChI is InChI=1S/C22H28NO4S/c24-20(15-16-27-21-9-2-1-3-10-21)14-13-18-7-6-8-19(17-18)23-28(25,26)22-11-4-5-12-22/h1-3,6-9,17,20,22-24H,4-5,11-16H2/t20-/m0/s1. The molecule has 1 radical (unpaired) electrons. The molecular weight excluding hydrogens is 374 g/mol. The molecule has 28 heavy (non-hydrogen) atoms. The van der Waals surface area contributed by atoms with Crippen molar-refractivity contribution in [1.82, 2.24) is 0 Å². The minimum absolute atomic E-state index is 0.278. The molecule has 1 atom stereocenters. The van der Waals surface area contributed by atoms with Gasteiger partial charge in [0.25, 0.3) is 0 Å². The number of rotatable bonds is 10. The molecule has 0 unspecified atom stereocenters. The molecule has 3 rings (SSSR count). The number of aliphatic hydroxyl groups excluding tert-OH is 1. The molecule has 1 aliphatic carbocycles. The number of anilines is 1. The van der Waals surface area contributed by atoms with Gasteiger partial charge >= 0.3 is 0 Å². The lowest BCUT2D eigenvalue weighted by Gasteiger charge is -2.15. The summed E-state index contributed by atoms with van der Waals surface area (Å²) in [7, 11) is -3.32. The normalized spacial score (nSPS) is 16.0. The van der Waals surface area contributed by atoms with Crippen molar-refractivity contribution in [1.29, 1.82) is 0 Å². The van der Waals surface area contributed by atoms with Crippen LogP contribution in [0.15, 0.2) is 48.5 Å². The van der Waals surface area contributed by atoms with Crippen LogP contribution in [0.5, 0.6) is 5.75 Å². The topological polar surface area (TPSA) is 75.6 Å². The second-order valence-corrected chi connectivity index (χ2v) is 9.27. The van der Waals surface area contributed by atoms with Crippen LogP contribution in [0, 0.1) is 6.07 Å². The van der Waals surface area contributed by atoms with E-state index in [1.807, 2.05) is 36.4 Å². The van der Waals surface area contributed by atoms with E-state index in [1.54, 1.807) is 12.1 Å². The van der Waals surface area contributed by atoms with E-state index in [4.69, 9.17) is 4.74 Å². The molecule has 5 nitrogen and oxygen atoms in total. The average molecular weight is 403 g/mol. The van der Waals surface area contributed by atoms with Crippen molar-refractivity contribution in [2.75, 3.05) is 11.3 Å². The van der Waals surface area contributed by atoms with Crippen molar-refractivity contribution in [3.05, 3.63) is 60.2 Å². The Morgan fingerprint density at radius 1 is 1.14 bits per heavy atom. The lowest BCUT2D eigenvalue weighted by Crippen LogP contribution is -2.25. The number of sulfonamides is 1. The molecular formula is C22H28NO4S. The van der Waals surface area contributed by atoms with Gasteiger partial charge in [0.15, 0.2) is 0 Å². The van der Waals surface area contributed by atoms with Crippen molar-refractivity contribution in [3.8, 4) is 5.75 Å². The van der Waals surface area contributed by atoms with Gasteiger partial charge < -0.3 is 9.84 Å². The molecule has 0 amide bonds. The highest BCUT2D eigenvalue weighted by atomic mass is 32.2. The zero-order valence-electron chi connectivity index (χ0n) is 16.0. The Bertz CT molecular complexity index is 833. The van der Waals surface area contributed by atoms with Crippen LogP contribution < -0.4 is 9.46 Å². The molecule has 0 spiro atoms. The lowest BCUT2D eigenvalue weighted by atomic mass is 10.0. The van der Waals surface area contributed by atoms with Gasteiger partial charge in [-0.2, -0.15) is 0 Å². The van der Waals surface area contributed by atoms with Gasteiger partial charge in [-0.25, -0.2) is 8.42 Å². The first-order valence-electron chi connectivity index (χ1n) is 9.91. The maximum atomic E-state index is 12.4. The van der Waals surface area contributed by atoms with Crippen molar-refractivity contribution >= 4 is 15.7 Å². The Labute approximate surface area is 167 Å². The van der Waals surface area contributed by atoms with Gasteiger partial charge in [0.2, 0.25) is 10.0 Å². The summed E-state index contributed by atoms with van der Waals surface area (Å²) in [6.07, 6.45) is 4.79. The van der Waals surface area contributed by atoms with E-state index < -0.39 is 16.1 Å². The van der Waals surface area contributed by atoms with Gasteiger partial charge in [0, 0.05) is 18.2 Å². The molecule has 0 bridgehead atoms. The number of benzene rings is 2. The summed E-state index contributed by atoms with van der Waals surface area (Å²) in [5.74, 6) is 0.678. The fourth-order valence-electron chi connectivity index (χ4n) is 3.49. The second kappa shape index (κ2) is 9.94. The van der Waals surface area contributed by atoms with E-state index in [-0.39, 0.29) is 5.25 Å². The molecule has 6 heteroatoms. The number of ether oxygens (including phenoxy) is 1. The molecule has 1 saturated carbocycles. The highest BCUT2D eigenvalue weighted by Crippen LogP contribution is 2.26. The monoisotopic (exact) mass is 402 g/mol. The largest absolute Gasteiger partial charge is 0.493 e. The van der Waals surface area contributed by atoms with Crippen LogP contribution in [-0.4, -0.2) is 31.5 Å². The van der Waals surface area contributed by atoms with Gasteiger partial charge in [-0.15, -0.1) is 0 Å². The number of nitrogens with one attached hydrogen (secondary N) is 1. The zero-order valence-corrected chi connectivity index (χ0v) is 16.8. The van der Waals surface area contributed by atoms with Gasteiger partial charge in [0.1, 0.15) is 5.75 Å². The maximum absolute atomic E-state index is 12.4. The Morgan fingerprint density at radius 3 is 2.71 bits per heavy atom. The Hall–Kier alpha value is -2.05. The van der Waals surface area contributed by atoms with E-state index in [1.165, 1.54) is 0 Å². The first-order valence-corrected chi connectivity index (χ1v) is 11.5. The molecule has 151 valence electrons. The number of hydrogen-bond acceptors (Lipinski definition) is 4. The van der Waals surface area contributed by atoms with E-state index in [0.29, 0.717) is 37.3 Å². The molecule has 1 fully saturated rings. The number of para-hydroxylation sites is 1. The van der Waals surface area contributed by atoms with Crippen molar-refractivity contribution in [2.24, 2.45) is 0 Å². The van der Waals surface area contributed by atoms with Crippen LogP contribution in [0.25, 0.3) is 0 Å². The van der Waals surface area contributed by atoms with Gasteiger partial charge in [-0.05, 0) is 49.4 Å². The number of aryl methyl sites for hydroxylation is 1. The summed E-state index contributed by atoms with van der Waals surface area (Å²) in [5.41, 5.74) is 1.60. The van der Waals surface area contributed by atoms with Gasteiger partial charge in [0.05, 0.1) is 18.0 Å². The van der Waals surface area contributed by atoms with Crippen LogP contribution in [0.3, 0.4) is 0 Å². The SMILES string of the molecule is O=S(=O)(Nc1cccc(CC[C@H](O)CCOc2[c]cccc2)c1)C1CCCC1. The van der Waals surface area contributed by atoms with Crippen LogP contribution >= 0.6 is 0 Å². The zero-order chi connectivity index (χ0) is 19.8. The van der Waals surface area contributed by atoms with E-state index in [0.717, 1.165) is 31.2 Å². The van der Waals surface area contributed by atoms with Crippen molar-refractivity contribution in [2.45, 2.75) is 56.3 Å². The van der Waals surface area contributed by atoms with E-state index >= 15 is 0 Å². The fourth-order valence-corrected chi connectivity index (χ4v) is 5.06. The van der Waals surface area contributed by atoms with Crippen molar-refractivity contribution < 1.29 is 18.3 Å². The minimum Gasteiger partial charge on any atom is -0.493 e. The molecule has 0 saturated heterocycles. The number of aliphatic hydroxyl groups is 1. The molecule has 0 aliphatic heterocycles. The Morgan fingerprint density at radius 2 is 1.96 bits per heavy atom. The van der Waals surface area contributed by atoms with Crippen LogP contribution in [-0.2, 0) is 16.4 Å². The molecule has 0 aromatic heterocycles. The molecule has 1 aliphatic rings. The quantitative estimate of drug-likeness (QED) is 0.631. The highest BCUT2D eigenvalue weighted by Gasteiger charge is 2.28. The molecule has 2 aromatic carbocycles. The third-order valence-corrected chi connectivity index (χ3v) is 6.95. The summed E-state index contributed by atoms with van der Waals surface area (Å²) < 4.78 is 33.2. The second-order valence-electron chi connectivity index (χ2n) is 7.31. The van der Waals surface area contributed by atoms with Gasteiger partial charge in [-0.1, -0.05) is 43.2 Å². The van der Waals surface area contributed by atoms with Crippen LogP contribution in [0.1, 0.15) is 44.1 Å². The summed E-state index contributed by atoms with van der Waals surface area (Å²) >= 11 is 0. The fraction of sp³-hybridized carbons (Fsp3) is 0.455. The summed E-state index contributed by atoms with van der Waals surface area (Å²) in [4.78, 5) is 0. The summed E-state index contributed by atoms with van der Waals surface area (Å²) in [6, 6.07) is 17.8. The lowest BCUT2D eigenvalue weighted by molar-refractivity contribution is 0.131. The highest BCUT2D eigenvalue weighted by molar-refractivity contribution is 7.93. The minimum atomic E-state index is -3.32. The third kappa shape index (κ3) is 6.24. The van der Waals surface area contributed by atoms with E-state index in [2.05, 4.69) is 10.8 Å². The third-order valence-electron chi connectivity index (χ3n) is 5.08. The predicted octanol–water partition coefficient (Wildman–Crippen LogP) is 3.93. The predicted molar refractivity (Wildman–Crippen MR) is 111 cm³/mol. The van der Waals surface area contributed by atoms with Crippen LogP contribution in [0.2, 0.25) is 0 Å². The van der Waals surface area contributed by atoms with Crippen LogP contribution in [0.4, 0.5) is 5.69 Å². The average Bonchev–Trinajstić information content (AvgIpc) is 3.23. The maximum Gasteiger partial charge on any atom is 0.235 e. The first-order chi connectivity index (χ1) is 13.5. The van der Waals surface area contributed by atoms with Crippen molar-refractivity contribution in [3.63, 3.8) is 0 Å². The van der Waals surface area contributed by atoms with E-state index in [9.17, 15) is 13.5 Å². The summed E-state index contributed by atoms with van der Waals surface area (Å²) in [5, 5.41) is 9.91. The van der Waals surface area contributed by atoms with Gasteiger partial charge in [-0.3, -0.25) is 4.72 Å². The molecule has 2 N–H and O–H groups in total. The number of hydrogen-bond donors (Lipinski definition) is 2.